The molecule has 5 heteroatoms. The van der Waals surface area contributed by atoms with E-state index in [1.807, 2.05) is 18.4 Å². The lowest BCUT2D eigenvalue weighted by molar-refractivity contribution is 0.631. The lowest BCUT2D eigenvalue weighted by atomic mass is 10.0. The number of aryl methyl sites for hydroxylation is 1. The molecular formula is C14H12FN3S. The quantitative estimate of drug-likeness (QED) is 0.745. The minimum absolute atomic E-state index is 0.300. The number of nitrogens with two attached hydrogens (primary N) is 1. The second-order valence-electron chi connectivity index (χ2n) is 4.27. The van der Waals surface area contributed by atoms with Crippen LogP contribution in [0.3, 0.4) is 0 Å². The summed E-state index contributed by atoms with van der Waals surface area (Å²) in [6.45, 7) is 2.01. The molecule has 0 aliphatic rings. The second-order valence-corrected chi connectivity index (χ2v) is 5.19. The van der Waals surface area contributed by atoms with Crippen LogP contribution in [0, 0.1) is 12.7 Å². The molecule has 0 amide bonds. The first-order valence-corrected chi connectivity index (χ1v) is 6.69. The lowest BCUT2D eigenvalue weighted by Crippen LogP contribution is -1.91. The van der Waals surface area contributed by atoms with Crippen LogP contribution < -0.4 is 5.73 Å². The van der Waals surface area contributed by atoms with Crippen molar-refractivity contribution in [3.05, 3.63) is 47.1 Å². The number of aromatic nitrogens is 2. The number of aromatic amines is 1. The van der Waals surface area contributed by atoms with Crippen molar-refractivity contribution in [2.75, 3.05) is 5.73 Å². The largest absolute Gasteiger partial charge is 0.382 e. The van der Waals surface area contributed by atoms with E-state index < -0.39 is 0 Å². The third-order valence-electron chi connectivity index (χ3n) is 3.03. The molecule has 2 aromatic heterocycles. The number of H-pyrrole nitrogens is 1. The number of halogens is 1. The van der Waals surface area contributed by atoms with Gasteiger partial charge in [0.1, 0.15) is 5.82 Å². The molecule has 0 atom stereocenters. The summed E-state index contributed by atoms with van der Waals surface area (Å²) in [7, 11) is 0. The van der Waals surface area contributed by atoms with Gasteiger partial charge in [-0.15, -0.1) is 11.3 Å². The van der Waals surface area contributed by atoms with E-state index in [9.17, 15) is 4.39 Å². The van der Waals surface area contributed by atoms with Gasteiger partial charge in [-0.3, -0.25) is 5.10 Å². The highest BCUT2D eigenvalue weighted by Crippen LogP contribution is 2.39. The summed E-state index contributed by atoms with van der Waals surface area (Å²) >= 11 is 1.58. The fourth-order valence-corrected chi connectivity index (χ4v) is 3.01. The predicted octanol–water partition coefficient (Wildman–Crippen LogP) is 3.83. The van der Waals surface area contributed by atoms with E-state index in [4.69, 9.17) is 5.73 Å². The number of hydrogen-bond acceptors (Lipinski definition) is 3. The van der Waals surface area contributed by atoms with Crippen molar-refractivity contribution in [3.8, 4) is 21.7 Å². The van der Waals surface area contributed by atoms with E-state index in [1.54, 1.807) is 29.5 Å². The van der Waals surface area contributed by atoms with Crippen LogP contribution in [0.25, 0.3) is 21.7 Å². The van der Waals surface area contributed by atoms with Gasteiger partial charge in [-0.25, -0.2) is 4.39 Å². The first kappa shape index (κ1) is 11.9. The molecule has 0 saturated carbocycles. The van der Waals surface area contributed by atoms with E-state index in [-0.39, 0.29) is 5.82 Å². The Morgan fingerprint density at radius 2 is 2.05 bits per heavy atom. The lowest BCUT2D eigenvalue weighted by Gasteiger charge is -2.05. The van der Waals surface area contributed by atoms with Crippen molar-refractivity contribution in [2.24, 2.45) is 0 Å². The minimum Gasteiger partial charge on any atom is -0.382 e. The number of nitrogens with zero attached hydrogens (tertiary/aromatic N) is 1. The minimum atomic E-state index is -0.300. The summed E-state index contributed by atoms with van der Waals surface area (Å²) in [5.74, 6) is 0.0129. The maximum Gasteiger partial charge on any atom is 0.153 e. The zero-order chi connectivity index (χ0) is 13.4. The summed E-state index contributed by atoms with van der Waals surface area (Å²) in [5.41, 5.74) is 8.88. The maximum absolute atomic E-state index is 14.0. The van der Waals surface area contributed by atoms with Crippen molar-refractivity contribution in [3.63, 3.8) is 0 Å². The molecule has 0 radical (unpaired) electrons. The SMILES string of the molecule is Cc1ccsc1-c1[nH]nc(N)c1-c1ccccc1F. The number of nitrogen functional groups attached to an aromatic ring is 1. The van der Waals surface area contributed by atoms with Gasteiger partial charge < -0.3 is 5.73 Å². The average Bonchev–Trinajstić information content (AvgIpc) is 2.96. The number of anilines is 1. The van der Waals surface area contributed by atoms with Crippen LogP contribution >= 0.6 is 11.3 Å². The molecule has 0 fully saturated rings. The monoisotopic (exact) mass is 273 g/mol. The molecule has 19 heavy (non-hydrogen) atoms. The second kappa shape index (κ2) is 4.51. The van der Waals surface area contributed by atoms with Crippen LogP contribution in [-0.2, 0) is 0 Å². The van der Waals surface area contributed by atoms with E-state index in [0.717, 1.165) is 16.1 Å². The molecular weight excluding hydrogens is 261 g/mol. The Labute approximate surface area is 113 Å². The van der Waals surface area contributed by atoms with Crippen LogP contribution in [-0.4, -0.2) is 10.2 Å². The van der Waals surface area contributed by atoms with Crippen LogP contribution in [0.15, 0.2) is 35.7 Å². The number of thiophene rings is 1. The Morgan fingerprint density at radius 1 is 1.26 bits per heavy atom. The van der Waals surface area contributed by atoms with Crippen LogP contribution in [0.5, 0.6) is 0 Å². The molecule has 0 bridgehead atoms. The van der Waals surface area contributed by atoms with Gasteiger partial charge in [-0.2, -0.15) is 5.10 Å². The molecule has 0 aliphatic heterocycles. The molecule has 3 rings (SSSR count). The van der Waals surface area contributed by atoms with Gasteiger partial charge in [0.05, 0.1) is 16.1 Å². The highest BCUT2D eigenvalue weighted by Gasteiger charge is 2.19. The smallest absolute Gasteiger partial charge is 0.153 e. The summed E-state index contributed by atoms with van der Waals surface area (Å²) in [4.78, 5) is 1.03. The Bertz CT molecular complexity index is 730. The maximum atomic E-state index is 14.0. The van der Waals surface area contributed by atoms with Gasteiger partial charge >= 0.3 is 0 Å². The summed E-state index contributed by atoms with van der Waals surface area (Å²) in [6.07, 6.45) is 0. The zero-order valence-electron chi connectivity index (χ0n) is 10.3. The first-order chi connectivity index (χ1) is 9.18. The predicted molar refractivity (Wildman–Crippen MR) is 76.4 cm³/mol. The van der Waals surface area contributed by atoms with Gasteiger partial charge in [-0.05, 0) is 30.0 Å². The number of hydrogen-bond donors (Lipinski definition) is 2. The van der Waals surface area contributed by atoms with Crippen LogP contribution in [0.1, 0.15) is 5.56 Å². The summed E-state index contributed by atoms with van der Waals surface area (Å²) in [5, 5.41) is 8.93. The molecule has 3 nitrogen and oxygen atoms in total. The molecule has 3 N–H and O–H groups in total. The van der Waals surface area contributed by atoms with Crippen molar-refractivity contribution in [2.45, 2.75) is 6.92 Å². The average molecular weight is 273 g/mol. The summed E-state index contributed by atoms with van der Waals surface area (Å²) in [6, 6.07) is 8.60. The third kappa shape index (κ3) is 1.92. The van der Waals surface area contributed by atoms with E-state index in [2.05, 4.69) is 10.2 Å². The highest BCUT2D eigenvalue weighted by atomic mass is 32.1. The van der Waals surface area contributed by atoms with Crippen molar-refractivity contribution in [1.29, 1.82) is 0 Å². The molecule has 1 aromatic carbocycles. The van der Waals surface area contributed by atoms with Gasteiger partial charge in [0, 0.05) is 5.56 Å². The van der Waals surface area contributed by atoms with Gasteiger partial charge in [-0.1, -0.05) is 18.2 Å². The highest BCUT2D eigenvalue weighted by molar-refractivity contribution is 7.13. The number of nitrogens with one attached hydrogen (secondary N) is 1. The fourth-order valence-electron chi connectivity index (χ4n) is 2.09. The van der Waals surface area contributed by atoms with E-state index >= 15 is 0 Å². The van der Waals surface area contributed by atoms with Crippen molar-refractivity contribution in [1.82, 2.24) is 10.2 Å². The molecule has 2 heterocycles. The topological polar surface area (TPSA) is 54.7 Å². The number of benzene rings is 1. The van der Waals surface area contributed by atoms with Crippen molar-refractivity contribution >= 4 is 17.2 Å². The molecule has 0 spiro atoms. The van der Waals surface area contributed by atoms with E-state index in [1.165, 1.54) is 6.07 Å². The standard InChI is InChI=1S/C14H12FN3S/c1-8-6-7-19-13(8)12-11(14(16)18-17-12)9-4-2-3-5-10(9)15/h2-7H,1H3,(H3,16,17,18). The molecule has 0 saturated heterocycles. The van der Waals surface area contributed by atoms with Crippen LogP contribution in [0.4, 0.5) is 10.2 Å². The normalized spacial score (nSPS) is 10.8. The zero-order valence-corrected chi connectivity index (χ0v) is 11.1. The third-order valence-corrected chi connectivity index (χ3v) is 4.06. The molecule has 0 unspecified atom stereocenters. The van der Waals surface area contributed by atoms with Gasteiger partial charge in [0.15, 0.2) is 5.82 Å². The summed E-state index contributed by atoms with van der Waals surface area (Å²) < 4.78 is 14.0. The fraction of sp³-hybridized carbons (Fsp3) is 0.0714. The van der Waals surface area contributed by atoms with Crippen LogP contribution in [0.2, 0.25) is 0 Å². The van der Waals surface area contributed by atoms with Gasteiger partial charge in [0.25, 0.3) is 0 Å². The first-order valence-electron chi connectivity index (χ1n) is 5.81. The Kier molecular flexibility index (Phi) is 2.83. The molecule has 96 valence electrons. The Hall–Kier alpha value is -2.14. The molecule has 3 aromatic rings. The van der Waals surface area contributed by atoms with Crippen molar-refractivity contribution < 1.29 is 4.39 Å². The number of rotatable bonds is 2. The molecule has 0 aliphatic carbocycles. The Balaban J connectivity index is 2.26. The Morgan fingerprint density at radius 3 is 2.74 bits per heavy atom. The van der Waals surface area contributed by atoms with E-state index in [0.29, 0.717) is 16.9 Å². The van der Waals surface area contributed by atoms with Gasteiger partial charge in [0.2, 0.25) is 0 Å².